The lowest BCUT2D eigenvalue weighted by molar-refractivity contribution is -0.158. The van der Waals surface area contributed by atoms with Crippen LogP contribution in [0.2, 0.25) is 0 Å². The normalized spacial score (nSPS) is 20.2. The summed E-state index contributed by atoms with van der Waals surface area (Å²) in [5.41, 5.74) is 4.46. The van der Waals surface area contributed by atoms with Crippen molar-refractivity contribution in [3.8, 4) is 11.4 Å². The fourth-order valence-electron chi connectivity index (χ4n) is 6.20. The van der Waals surface area contributed by atoms with Crippen LogP contribution < -0.4 is 10.2 Å². The molecule has 2 aliphatic heterocycles. The Kier molecular flexibility index (Phi) is 10.4. The molecule has 2 aliphatic rings. The fraction of sp³-hybridized carbons (Fsp3) is 0.444. The van der Waals surface area contributed by atoms with Crippen molar-refractivity contribution in [2.24, 2.45) is 0 Å². The maximum Gasteiger partial charge on any atom is 0.251 e. The van der Waals surface area contributed by atoms with E-state index in [0.29, 0.717) is 23.4 Å². The third-order valence-corrected chi connectivity index (χ3v) is 10.6. The van der Waals surface area contributed by atoms with E-state index in [4.69, 9.17) is 24.2 Å². The Hall–Kier alpha value is -3.97. The molecule has 1 aromatic carbocycles. The van der Waals surface area contributed by atoms with E-state index in [2.05, 4.69) is 29.0 Å². The minimum atomic E-state index is -3.70. The number of ether oxygens (including phenoxy) is 3. The molecule has 1 amide bonds. The molecule has 0 aliphatic carbocycles. The van der Waals surface area contributed by atoms with Crippen LogP contribution in [0, 0.1) is 13.8 Å². The van der Waals surface area contributed by atoms with Crippen LogP contribution in [-0.2, 0) is 30.6 Å². The van der Waals surface area contributed by atoms with E-state index in [0.717, 1.165) is 60.5 Å². The highest BCUT2D eigenvalue weighted by molar-refractivity contribution is 7.91. The maximum atomic E-state index is 13.3. The number of morpholine rings is 1. The van der Waals surface area contributed by atoms with Crippen LogP contribution in [0.25, 0.3) is 22.3 Å². The van der Waals surface area contributed by atoms with Crippen molar-refractivity contribution < 1.29 is 27.4 Å². The Labute approximate surface area is 282 Å². The number of nitrogens with one attached hydrogen (secondary N) is 1. The number of sulfone groups is 1. The van der Waals surface area contributed by atoms with Gasteiger partial charge >= 0.3 is 0 Å². The van der Waals surface area contributed by atoms with Gasteiger partial charge in [-0.05, 0) is 101 Å². The Morgan fingerprint density at radius 2 is 1.81 bits per heavy atom. The smallest absolute Gasteiger partial charge is 0.251 e. The third-order valence-electron chi connectivity index (χ3n) is 8.81. The van der Waals surface area contributed by atoms with Gasteiger partial charge in [0, 0.05) is 36.8 Å². The standard InChI is InChI=1S/C36H43N5O6S/c1-23-16-28(17-33(26(23)4)48(43,44)15-14-46-35-10-5-6-13-45-35)36(42)38-20-29-18-32-27(19-37-29)11-12-31(39-32)30-8-7-9-34(40-30)41-21-24(2)47-25(3)22-41/h7-9,11-12,16-19,24-25,35H,5-6,10,13-15,20-22H2,1-4H3,(H,38,42)/t24-,25+,35?. The number of amides is 1. The van der Waals surface area contributed by atoms with E-state index < -0.39 is 15.7 Å². The highest BCUT2D eigenvalue weighted by atomic mass is 32.2. The van der Waals surface area contributed by atoms with Crippen molar-refractivity contribution in [1.82, 2.24) is 20.3 Å². The van der Waals surface area contributed by atoms with Gasteiger partial charge in [-0.15, -0.1) is 0 Å². The van der Waals surface area contributed by atoms with Crippen LogP contribution in [0.5, 0.6) is 0 Å². The van der Waals surface area contributed by atoms with E-state index in [-0.39, 0.29) is 47.9 Å². The van der Waals surface area contributed by atoms with Crippen LogP contribution >= 0.6 is 0 Å². The average Bonchev–Trinajstić information content (AvgIpc) is 3.08. The van der Waals surface area contributed by atoms with Gasteiger partial charge in [-0.3, -0.25) is 9.78 Å². The van der Waals surface area contributed by atoms with Crippen molar-refractivity contribution in [3.63, 3.8) is 0 Å². The lowest BCUT2D eigenvalue weighted by atomic mass is 10.1. The van der Waals surface area contributed by atoms with E-state index in [1.807, 2.05) is 36.4 Å². The monoisotopic (exact) mass is 673 g/mol. The number of carbonyl (C=O) groups excluding carboxylic acids is 1. The molecular weight excluding hydrogens is 630 g/mol. The molecule has 3 aromatic heterocycles. The molecule has 1 N–H and O–H groups in total. The lowest BCUT2D eigenvalue weighted by Crippen LogP contribution is -2.45. The first-order valence-electron chi connectivity index (χ1n) is 16.5. The summed E-state index contributed by atoms with van der Waals surface area (Å²) in [4.78, 5) is 30.0. The second-order valence-electron chi connectivity index (χ2n) is 12.7. The van der Waals surface area contributed by atoms with Crippen molar-refractivity contribution in [1.29, 1.82) is 0 Å². The number of aryl methyl sites for hydroxylation is 1. The summed E-state index contributed by atoms with van der Waals surface area (Å²) in [5.74, 6) is 0.302. The van der Waals surface area contributed by atoms with Crippen LogP contribution in [0.3, 0.4) is 0 Å². The van der Waals surface area contributed by atoms with Crippen molar-refractivity contribution >= 4 is 32.5 Å². The minimum Gasteiger partial charge on any atom is -0.372 e. The summed E-state index contributed by atoms with van der Waals surface area (Å²) in [6, 6.07) is 14.8. The van der Waals surface area contributed by atoms with Crippen LogP contribution in [-0.4, -0.2) is 79.8 Å². The van der Waals surface area contributed by atoms with Gasteiger partial charge < -0.3 is 24.4 Å². The number of anilines is 1. The molecule has 6 rings (SSSR count). The number of rotatable bonds is 10. The molecule has 11 nitrogen and oxygen atoms in total. The van der Waals surface area contributed by atoms with Gasteiger partial charge in [-0.25, -0.2) is 18.4 Å². The molecule has 0 bridgehead atoms. The molecule has 1 unspecified atom stereocenters. The van der Waals surface area contributed by atoms with Gasteiger partial charge in [0.25, 0.3) is 5.91 Å². The summed E-state index contributed by atoms with van der Waals surface area (Å²) >= 11 is 0. The average molecular weight is 674 g/mol. The molecule has 2 fully saturated rings. The molecule has 48 heavy (non-hydrogen) atoms. The fourth-order valence-corrected chi connectivity index (χ4v) is 7.67. The highest BCUT2D eigenvalue weighted by Crippen LogP contribution is 2.26. The molecule has 3 atom stereocenters. The number of fused-ring (bicyclic) bond motifs is 1. The zero-order valence-corrected chi connectivity index (χ0v) is 28.8. The van der Waals surface area contributed by atoms with E-state index in [9.17, 15) is 13.2 Å². The molecule has 5 heterocycles. The molecule has 2 saturated heterocycles. The van der Waals surface area contributed by atoms with Crippen LogP contribution in [0.1, 0.15) is 60.3 Å². The second-order valence-corrected chi connectivity index (χ2v) is 14.8. The maximum absolute atomic E-state index is 13.3. The zero-order valence-electron chi connectivity index (χ0n) is 27.9. The van der Waals surface area contributed by atoms with Gasteiger partial charge in [-0.2, -0.15) is 0 Å². The number of hydrogen-bond donors (Lipinski definition) is 1. The summed E-state index contributed by atoms with van der Waals surface area (Å²) in [6.45, 7) is 10.0. The number of pyridine rings is 3. The first-order chi connectivity index (χ1) is 23.1. The van der Waals surface area contributed by atoms with Gasteiger partial charge in [0.15, 0.2) is 16.1 Å². The number of aromatic nitrogens is 3. The Morgan fingerprint density at radius 3 is 2.58 bits per heavy atom. The number of benzene rings is 1. The van der Waals surface area contributed by atoms with Crippen LogP contribution in [0.4, 0.5) is 5.82 Å². The predicted octanol–water partition coefficient (Wildman–Crippen LogP) is 5.17. The summed E-state index contributed by atoms with van der Waals surface area (Å²) < 4.78 is 43.7. The third kappa shape index (κ3) is 8.00. The largest absolute Gasteiger partial charge is 0.372 e. The van der Waals surface area contributed by atoms with Gasteiger partial charge in [0.1, 0.15) is 5.82 Å². The quantitative estimate of drug-likeness (QED) is 0.241. The Balaban J connectivity index is 1.14. The Bertz CT molecular complexity index is 1890. The van der Waals surface area contributed by atoms with Crippen molar-refractivity contribution in [2.75, 3.05) is 37.0 Å². The second kappa shape index (κ2) is 14.7. The molecule has 0 spiro atoms. The Morgan fingerprint density at radius 1 is 1.02 bits per heavy atom. The first-order valence-corrected chi connectivity index (χ1v) is 18.2. The topological polar surface area (TPSA) is 133 Å². The summed E-state index contributed by atoms with van der Waals surface area (Å²) in [7, 11) is -3.70. The predicted molar refractivity (Wildman–Crippen MR) is 184 cm³/mol. The molecule has 0 radical (unpaired) electrons. The lowest BCUT2D eigenvalue weighted by Gasteiger charge is -2.36. The highest BCUT2D eigenvalue weighted by Gasteiger charge is 2.24. The van der Waals surface area contributed by atoms with E-state index in [1.165, 1.54) is 6.07 Å². The molecule has 4 aromatic rings. The number of hydrogen-bond acceptors (Lipinski definition) is 10. The molecule has 0 saturated carbocycles. The molecule has 254 valence electrons. The van der Waals surface area contributed by atoms with Crippen molar-refractivity contribution in [3.05, 3.63) is 77.1 Å². The van der Waals surface area contributed by atoms with Gasteiger partial charge in [-0.1, -0.05) is 6.07 Å². The SMILES string of the molecule is Cc1cc(C(=O)NCc2cc3nc(-c4cccc(N5C[C@@H](C)O[C@@H](C)C5)n4)ccc3cn2)cc(S(=O)(=O)CCOC2CCCCO2)c1C. The van der Waals surface area contributed by atoms with Crippen LogP contribution in [0.15, 0.2) is 59.6 Å². The number of carbonyl (C=O) groups is 1. The summed E-state index contributed by atoms with van der Waals surface area (Å²) in [5, 5.41) is 3.76. The van der Waals surface area contributed by atoms with Gasteiger partial charge in [0.05, 0.1) is 58.6 Å². The van der Waals surface area contributed by atoms with Gasteiger partial charge in [0.2, 0.25) is 0 Å². The summed E-state index contributed by atoms with van der Waals surface area (Å²) in [6.07, 6.45) is 4.37. The minimum absolute atomic E-state index is 0.0270. The molecular formula is C36H43N5O6S. The number of nitrogens with zero attached hydrogens (tertiary/aromatic N) is 4. The van der Waals surface area contributed by atoms with Crippen molar-refractivity contribution in [2.45, 2.75) is 76.9 Å². The van der Waals surface area contributed by atoms with E-state index in [1.54, 1.807) is 26.1 Å². The van der Waals surface area contributed by atoms with E-state index >= 15 is 0 Å². The first kappa shape index (κ1) is 33.9. The zero-order chi connectivity index (χ0) is 33.8. The molecule has 12 heteroatoms.